The molecule has 0 amide bonds. The lowest BCUT2D eigenvalue weighted by atomic mass is 10.1. The molecule has 6 nitrogen and oxygen atoms in total. The molecule has 122 valence electrons. The van der Waals surface area contributed by atoms with Gasteiger partial charge in [0.2, 0.25) is 0 Å². The van der Waals surface area contributed by atoms with Crippen LogP contribution in [0.5, 0.6) is 0 Å². The van der Waals surface area contributed by atoms with Crippen LogP contribution in [0.2, 0.25) is 0 Å². The van der Waals surface area contributed by atoms with E-state index in [4.69, 9.17) is 5.10 Å². The van der Waals surface area contributed by atoms with Crippen molar-refractivity contribution in [3.63, 3.8) is 0 Å². The monoisotopic (exact) mass is 328 g/mol. The van der Waals surface area contributed by atoms with Gasteiger partial charge in [0.1, 0.15) is 0 Å². The zero-order valence-electron chi connectivity index (χ0n) is 13.5. The summed E-state index contributed by atoms with van der Waals surface area (Å²) in [7, 11) is 0. The van der Waals surface area contributed by atoms with Gasteiger partial charge in [-0.05, 0) is 35.9 Å². The molecule has 4 aromatic rings. The first-order valence-electron chi connectivity index (χ1n) is 8.31. The van der Waals surface area contributed by atoms with E-state index in [0.717, 1.165) is 40.8 Å². The van der Waals surface area contributed by atoms with Crippen LogP contribution in [0.15, 0.2) is 60.0 Å². The molecule has 0 aliphatic carbocycles. The zero-order valence-corrected chi connectivity index (χ0v) is 13.5. The van der Waals surface area contributed by atoms with E-state index in [1.165, 1.54) is 5.56 Å². The number of nitrogens with zero attached hydrogens (tertiary/aromatic N) is 5. The average Bonchev–Trinajstić information content (AvgIpc) is 3.32. The van der Waals surface area contributed by atoms with Gasteiger partial charge in [0.25, 0.3) is 0 Å². The van der Waals surface area contributed by atoms with E-state index in [-0.39, 0.29) is 6.04 Å². The van der Waals surface area contributed by atoms with Crippen LogP contribution in [-0.2, 0) is 6.42 Å². The van der Waals surface area contributed by atoms with E-state index >= 15 is 0 Å². The Morgan fingerprint density at radius 2 is 2.12 bits per heavy atom. The molecule has 0 fully saturated rings. The summed E-state index contributed by atoms with van der Waals surface area (Å²) in [6.45, 7) is 0. The second-order valence-electron chi connectivity index (χ2n) is 6.21. The Morgan fingerprint density at radius 1 is 1.12 bits per heavy atom. The van der Waals surface area contributed by atoms with Crippen molar-refractivity contribution >= 4 is 22.8 Å². The summed E-state index contributed by atoms with van der Waals surface area (Å²) < 4.78 is 1.93. The summed E-state index contributed by atoms with van der Waals surface area (Å²) in [5.74, 6) is 0. The minimum atomic E-state index is 0.145. The highest BCUT2D eigenvalue weighted by molar-refractivity contribution is 5.79. The molecule has 0 radical (unpaired) electrons. The predicted octanol–water partition coefficient (Wildman–Crippen LogP) is 2.89. The van der Waals surface area contributed by atoms with E-state index in [1.807, 2.05) is 41.3 Å². The predicted molar refractivity (Wildman–Crippen MR) is 96.5 cm³/mol. The molecule has 4 heterocycles. The molecule has 1 aliphatic heterocycles. The van der Waals surface area contributed by atoms with Gasteiger partial charge in [-0.15, -0.1) is 0 Å². The summed E-state index contributed by atoms with van der Waals surface area (Å²) in [6, 6.07) is 14.6. The molecule has 1 unspecified atom stereocenters. The fourth-order valence-corrected chi connectivity index (χ4v) is 3.23. The third-order valence-electron chi connectivity index (χ3n) is 4.53. The van der Waals surface area contributed by atoms with Gasteiger partial charge in [-0.3, -0.25) is 4.98 Å². The smallest absolute Gasteiger partial charge is 0.153 e. The number of aromatic nitrogens is 4. The first kappa shape index (κ1) is 14.1. The van der Waals surface area contributed by atoms with Crippen LogP contribution in [0.4, 0.5) is 0 Å². The maximum absolute atomic E-state index is 4.77. The molecule has 3 aromatic heterocycles. The number of pyridine rings is 1. The van der Waals surface area contributed by atoms with Crippen molar-refractivity contribution in [2.45, 2.75) is 18.9 Å². The number of hydrogen-bond donors (Lipinski definition) is 1. The quantitative estimate of drug-likeness (QED) is 0.628. The van der Waals surface area contributed by atoms with Crippen molar-refractivity contribution in [2.24, 2.45) is 5.10 Å². The zero-order chi connectivity index (χ0) is 16.6. The lowest BCUT2D eigenvalue weighted by Crippen LogP contribution is -2.13. The lowest BCUT2D eigenvalue weighted by Gasteiger charge is -2.10. The standard InChI is InChI=1S/C19H16N6/c1-2-14-10-13(3-4-16(14)20-8-1)11-15-12-21-19-6-5-18(24-25(15)19)17-7-9-22-23-17/h1-6,8-10,12,17,23H,7,11H2. The van der Waals surface area contributed by atoms with Crippen molar-refractivity contribution < 1.29 is 0 Å². The fraction of sp³-hybridized carbons (Fsp3) is 0.158. The second kappa shape index (κ2) is 5.66. The Labute approximate surface area is 144 Å². The molecular formula is C19H16N6. The van der Waals surface area contributed by atoms with Gasteiger partial charge in [0.15, 0.2) is 5.65 Å². The van der Waals surface area contributed by atoms with Crippen LogP contribution in [0.1, 0.15) is 29.4 Å². The molecule has 0 spiro atoms. The van der Waals surface area contributed by atoms with Gasteiger partial charge < -0.3 is 5.43 Å². The first-order chi connectivity index (χ1) is 12.4. The Hall–Kier alpha value is -3.28. The molecule has 1 N–H and O–H groups in total. The maximum Gasteiger partial charge on any atom is 0.153 e. The third kappa shape index (κ3) is 2.52. The molecule has 0 saturated carbocycles. The van der Waals surface area contributed by atoms with Crippen LogP contribution in [-0.4, -0.2) is 25.8 Å². The number of fused-ring (bicyclic) bond motifs is 2. The van der Waals surface area contributed by atoms with Crippen LogP contribution in [0.3, 0.4) is 0 Å². The van der Waals surface area contributed by atoms with E-state index in [1.54, 1.807) is 0 Å². The van der Waals surface area contributed by atoms with E-state index in [2.05, 4.69) is 44.8 Å². The SMILES string of the molecule is C1=NNC(c2ccc3ncc(Cc4ccc5ncccc5c4)n3n2)C1. The summed E-state index contributed by atoms with van der Waals surface area (Å²) in [6.07, 6.45) is 7.24. The van der Waals surface area contributed by atoms with E-state index in [9.17, 15) is 0 Å². The number of hydrazone groups is 1. The topological polar surface area (TPSA) is 67.5 Å². The van der Waals surface area contributed by atoms with Crippen LogP contribution >= 0.6 is 0 Å². The number of nitrogens with one attached hydrogen (secondary N) is 1. The van der Waals surface area contributed by atoms with Gasteiger partial charge >= 0.3 is 0 Å². The fourth-order valence-electron chi connectivity index (χ4n) is 3.23. The highest BCUT2D eigenvalue weighted by Crippen LogP contribution is 2.20. The molecular weight excluding hydrogens is 312 g/mol. The molecule has 1 aliphatic rings. The minimum absolute atomic E-state index is 0.145. The second-order valence-corrected chi connectivity index (χ2v) is 6.21. The number of hydrogen-bond acceptors (Lipinski definition) is 5. The molecule has 0 saturated heterocycles. The molecule has 6 heteroatoms. The number of imidazole rings is 1. The normalized spacial score (nSPS) is 16.6. The Kier molecular flexibility index (Phi) is 3.19. The van der Waals surface area contributed by atoms with Crippen molar-refractivity contribution in [3.05, 3.63) is 71.8 Å². The highest BCUT2D eigenvalue weighted by Gasteiger charge is 2.16. The average molecular weight is 328 g/mol. The largest absolute Gasteiger partial charge is 0.301 e. The van der Waals surface area contributed by atoms with E-state index in [0.29, 0.717) is 0 Å². The minimum Gasteiger partial charge on any atom is -0.301 e. The Balaban J connectivity index is 1.51. The van der Waals surface area contributed by atoms with Gasteiger partial charge in [0, 0.05) is 30.6 Å². The number of rotatable bonds is 3. The summed E-state index contributed by atoms with van der Waals surface area (Å²) in [5.41, 5.74) is 8.22. The Morgan fingerprint density at radius 3 is 3.04 bits per heavy atom. The van der Waals surface area contributed by atoms with Gasteiger partial charge in [-0.25, -0.2) is 9.50 Å². The molecule has 1 atom stereocenters. The van der Waals surface area contributed by atoms with Crippen LogP contribution in [0.25, 0.3) is 16.6 Å². The van der Waals surface area contributed by atoms with Crippen molar-refractivity contribution in [2.75, 3.05) is 0 Å². The van der Waals surface area contributed by atoms with Crippen molar-refractivity contribution in [1.82, 2.24) is 25.0 Å². The maximum atomic E-state index is 4.77. The molecule has 1 aromatic carbocycles. The Bertz CT molecular complexity index is 1090. The lowest BCUT2D eigenvalue weighted by molar-refractivity contribution is 0.587. The highest BCUT2D eigenvalue weighted by atomic mass is 15.3. The summed E-state index contributed by atoms with van der Waals surface area (Å²) in [4.78, 5) is 8.86. The van der Waals surface area contributed by atoms with Gasteiger partial charge in [-0.1, -0.05) is 12.1 Å². The molecule has 0 bridgehead atoms. The van der Waals surface area contributed by atoms with Crippen molar-refractivity contribution in [3.8, 4) is 0 Å². The van der Waals surface area contributed by atoms with E-state index < -0.39 is 0 Å². The van der Waals surface area contributed by atoms with Crippen LogP contribution < -0.4 is 5.43 Å². The number of benzene rings is 1. The molecule has 5 rings (SSSR count). The first-order valence-corrected chi connectivity index (χ1v) is 8.31. The molecule has 25 heavy (non-hydrogen) atoms. The van der Waals surface area contributed by atoms with Crippen LogP contribution in [0, 0.1) is 0 Å². The van der Waals surface area contributed by atoms with Crippen molar-refractivity contribution in [1.29, 1.82) is 0 Å². The third-order valence-corrected chi connectivity index (χ3v) is 4.53. The summed E-state index contributed by atoms with van der Waals surface area (Å²) >= 11 is 0. The van der Waals surface area contributed by atoms with Gasteiger partial charge in [-0.2, -0.15) is 10.2 Å². The summed E-state index contributed by atoms with van der Waals surface area (Å²) in [5, 5.41) is 10.0. The van der Waals surface area contributed by atoms with Gasteiger partial charge in [0.05, 0.1) is 29.1 Å².